The third-order valence-corrected chi connectivity index (χ3v) is 4.61. The van der Waals surface area contributed by atoms with E-state index >= 15 is 0 Å². The van der Waals surface area contributed by atoms with Gasteiger partial charge in [0.15, 0.2) is 0 Å². The largest absolute Gasteiger partial charge is 0.326 e. The molecule has 0 bridgehead atoms. The Morgan fingerprint density at radius 3 is 2.44 bits per heavy atom. The van der Waals surface area contributed by atoms with E-state index in [4.69, 9.17) is 5.73 Å². The molecule has 0 spiro atoms. The molecule has 1 aromatic rings. The second kappa shape index (κ2) is 5.79. The van der Waals surface area contributed by atoms with Gasteiger partial charge in [-0.2, -0.15) is 0 Å². The van der Waals surface area contributed by atoms with E-state index in [2.05, 4.69) is 4.72 Å². The summed E-state index contributed by atoms with van der Waals surface area (Å²) in [5, 5.41) is 0. The van der Waals surface area contributed by atoms with Gasteiger partial charge in [-0.15, -0.1) is 0 Å². The van der Waals surface area contributed by atoms with Crippen LogP contribution in [0.4, 0.5) is 0 Å². The summed E-state index contributed by atoms with van der Waals surface area (Å²) in [5.74, 6) is -0.233. The van der Waals surface area contributed by atoms with Crippen LogP contribution >= 0.6 is 0 Å². The summed E-state index contributed by atoms with van der Waals surface area (Å²) in [6.07, 6.45) is 1.05. The minimum absolute atomic E-state index is 0.0824. The topological polar surface area (TPSA) is 106 Å². The van der Waals surface area contributed by atoms with Crippen LogP contribution in [0.2, 0.25) is 0 Å². The standard InChI is InChI=1S/C10H16N2O4S2/c1-17(13,14)6-5-12-18(15,16)10-4-2-3-9(7-10)8-11/h2-4,7,12H,5-6,8,11H2,1H3. The number of benzene rings is 1. The first kappa shape index (κ1) is 15.1. The molecule has 0 radical (unpaired) electrons. The van der Waals surface area contributed by atoms with Gasteiger partial charge in [-0.05, 0) is 17.7 Å². The Kier molecular flexibility index (Phi) is 4.85. The first-order valence-corrected chi connectivity index (χ1v) is 8.75. The zero-order valence-electron chi connectivity index (χ0n) is 9.96. The summed E-state index contributed by atoms with van der Waals surface area (Å²) in [6.45, 7) is 0.0979. The minimum atomic E-state index is -3.69. The number of nitrogens with one attached hydrogen (secondary N) is 1. The van der Waals surface area contributed by atoms with Crippen molar-refractivity contribution in [2.45, 2.75) is 11.4 Å². The van der Waals surface area contributed by atoms with Crippen molar-refractivity contribution in [3.63, 3.8) is 0 Å². The predicted octanol–water partition coefficient (Wildman–Crippen LogP) is -0.532. The van der Waals surface area contributed by atoms with E-state index in [0.717, 1.165) is 6.26 Å². The SMILES string of the molecule is CS(=O)(=O)CCNS(=O)(=O)c1cccc(CN)c1. The van der Waals surface area contributed by atoms with Gasteiger partial charge in [0.05, 0.1) is 10.6 Å². The van der Waals surface area contributed by atoms with Crippen LogP contribution in [0.1, 0.15) is 5.56 Å². The fourth-order valence-electron chi connectivity index (χ4n) is 1.28. The predicted molar refractivity (Wildman–Crippen MR) is 69.2 cm³/mol. The van der Waals surface area contributed by atoms with Crippen LogP contribution in [0.25, 0.3) is 0 Å². The van der Waals surface area contributed by atoms with Crippen molar-refractivity contribution < 1.29 is 16.8 Å². The Labute approximate surface area is 107 Å². The summed E-state index contributed by atoms with van der Waals surface area (Å²) in [4.78, 5) is 0.0824. The van der Waals surface area contributed by atoms with Crippen molar-refractivity contribution in [2.24, 2.45) is 5.73 Å². The van der Waals surface area contributed by atoms with Gasteiger partial charge in [-0.1, -0.05) is 12.1 Å². The molecule has 0 saturated heterocycles. The van der Waals surface area contributed by atoms with Crippen molar-refractivity contribution in [1.29, 1.82) is 0 Å². The monoisotopic (exact) mass is 292 g/mol. The Morgan fingerprint density at radius 2 is 1.89 bits per heavy atom. The number of rotatable bonds is 6. The van der Waals surface area contributed by atoms with Gasteiger partial charge in [0.1, 0.15) is 9.84 Å². The van der Waals surface area contributed by atoms with Gasteiger partial charge in [0.2, 0.25) is 10.0 Å². The third kappa shape index (κ3) is 4.73. The van der Waals surface area contributed by atoms with E-state index in [1.54, 1.807) is 12.1 Å². The second-order valence-electron chi connectivity index (χ2n) is 3.88. The third-order valence-electron chi connectivity index (χ3n) is 2.21. The number of hydrogen-bond acceptors (Lipinski definition) is 5. The molecule has 1 aromatic carbocycles. The molecule has 18 heavy (non-hydrogen) atoms. The van der Waals surface area contributed by atoms with Crippen molar-refractivity contribution in [3.8, 4) is 0 Å². The molecule has 0 heterocycles. The van der Waals surface area contributed by atoms with Crippen molar-refractivity contribution in [3.05, 3.63) is 29.8 Å². The van der Waals surface area contributed by atoms with Gasteiger partial charge in [-0.3, -0.25) is 0 Å². The maximum Gasteiger partial charge on any atom is 0.240 e. The number of sulfone groups is 1. The molecule has 0 aliphatic heterocycles. The summed E-state index contributed by atoms with van der Waals surface area (Å²) in [7, 11) is -6.87. The molecule has 1 rings (SSSR count). The quantitative estimate of drug-likeness (QED) is 0.733. The molecular weight excluding hydrogens is 276 g/mol. The van der Waals surface area contributed by atoms with Crippen LogP contribution in [0.3, 0.4) is 0 Å². The second-order valence-corrected chi connectivity index (χ2v) is 7.91. The maximum atomic E-state index is 11.8. The number of nitrogens with two attached hydrogens (primary N) is 1. The van der Waals surface area contributed by atoms with Crippen LogP contribution in [0.15, 0.2) is 29.2 Å². The molecule has 0 fully saturated rings. The minimum Gasteiger partial charge on any atom is -0.326 e. The van der Waals surface area contributed by atoms with E-state index in [0.29, 0.717) is 5.56 Å². The molecule has 0 aliphatic carbocycles. The van der Waals surface area contributed by atoms with Gasteiger partial charge in [0, 0.05) is 19.3 Å². The van der Waals surface area contributed by atoms with Crippen LogP contribution in [-0.4, -0.2) is 35.4 Å². The van der Waals surface area contributed by atoms with Gasteiger partial charge >= 0.3 is 0 Å². The first-order chi connectivity index (χ1) is 8.24. The lowest BCUT2D eigenvalue weighted by atomic mass is 10.2. The fraction of sp³-hybridized carbons (Fsp3) is 0.400. The van der Waals surface area contributed by atoms with Crippen molar-refractivity contribution >= 4 is 19.9 Å². The van der Waals surface area contributed by atoms with E-state index in [1.807, 2.05) is 0 Å². The molecule has 0 aliphatic rings. The zero-order chi connectivity index (χ0) is 13.8. The highest BCUT2D eigenvalue weighted by Crippen LogP contribution is 2.10. The highest BCUT2D eigenvalue weighted by molar-refractivity contribution is 7.91. The lowest BCUT2D eigenvalue weighted by Gasteiger charge is -2.07. The number of hydrogen-bond donors (Lipinski definition) is 2. The lowest BCUT2D eigenvalue weighted by Crippen LogP contribution is -2.29. The summed E-state index contributed by atoms with van der Waals surface area (Å²) >= 11 is 0. The van der Waals surface area contributed by atoms with Crippen LogP contribution in [0, 0.1) is 0 Å². The van der Waals surface area contributed by atoms with Gasteiger partial charge in [-0.25, -0.2) is 21.6 Å². The average Bonchev–Trinajstić information content (AvgIpc) is 2.27. The average molecular weight is 292 g/mol. The van der Waals surface area contributed by atoms with E-state index in [-0.39, 0.29) is 23.7 Å². The first-order valence-electron chi connectivity index (χ1n) is 5.21. The van der Waals surface area contributed by atoms with Crippen LogP contribution < -0.4 is 10.5 Å². The highest BCUT2D eigenvalue weighted by Gasteiger charge is 2.14. The van der Waals surface area contributed by atoms with Gasteiger partial charge < -0.3 is 5.73 Å². The molecule has 0 atom stereocenters. The number of sulfonamides is 1. The Morgan fingerprint density at radius 1 is 1.22 bits per heavy atom. The normalized spacial score (nSPS) is 12.6. The molecular formula is C10H16N2O4S2. The van der Waals surface area contributed by atoms with E-state index in [9.17, 15) is 16.8 Å². The summed E-state index contributed by atoms with van der Waals surface area (Å²) in [5.41, 5.74) is 6.12. The molecule has 0 aromatic heterocycles. The Hall–Kier alpha value is -0.960. The molecule has 0 saturated carbocycles. The zero-order valence-corrected chi connectivity index (χ0v) is 11.6. The maximum absolute atomic E-state index is 11.8. The van der Waals surface area contributed by atoms with Gasteiger partial charge in [0.25, 0.3) is 0 Å². The molecule has 8 heteroatoms. The van der Waals surface area contributed by atoms with E-state index in [1.165, 1.54) is 12.1 Å². The molecule has 3 N–H and O–H groups in total. The highest BCUT2D eigenvalue weighted by atomic mass is 32.2. The molecule has 0 unspecified atom stereocenters. The van der Waals surface area contributed by atoms with Crippen molar-refractivity contribution in [1.82, 2.24) is 4.72 Å². The van der Waals surface area contributed by atoms with Crippen molar-refractivity contribution in [2.75, 3.05) is 18.6 Å². The molecule has 102 valence electrons. The van der Waals surface area contributed by atoms with E-state index < -0.39 is 19.9 Å². The lowest BCUT2D eigenvalue weighted by molar-refractivity contribution is 0.582. The Balaban J connectivity index is 2.80. The molecule has 0 amide bonds. The fourth-order valence-corrected chi connectivity index (χ4v) is 2.99. The summed E-state index contributed by atoms with van der Waals surface area (Å²) < 4.78 is 47.7. The smallest absolute Gasteiger partial charge is 0.240 e. The molecule has 6 nitrogen and oxygen atoms in total. The Bertz CT molecular complexity index is 609. The van der Waals surface area contributed by atoms with Crippen LogP contribution in [0.5, 0.6) is 0 Å². The van der Waals surface area contributed by atoms with Crippen LogP contribution in [-0.2, 0) is 26.4 Å². The summed E-state index contributed by atoms with van der Waals surface area (Å²) in [6, 6.07) is 6.20.